The van der Waals surface area contributed by atoms with Crippen molar-refractivity contribution in [3.8, 4) is 0 Å². The lowest BCUT2D eigenvalue weighted by atomic mass is 9.79. The van der Waals surface area contributed by atoms with E-state index in [2.05, 4.69) is 15.0 Å². The monoisotopic (exact) mass is 897 g/mol. The van der Waals surface area contributed by atoms with E-state index in [9.17, 15) is 21.6 Å². The average molecular weight is 898 g/mol. The number of benzene rings is 6. The van der Waals surface area contributed by atoms with Crippen molar-refractivity contribution >= 4 is 21.3 Å². The normalized spacial score (nSPS) is 18.2. The van der Waals surface area contributed by atoms with E-state index in [1.165, 1.54) is 17.2 Å². The number of nitrogens with zero attached hydrogens (tertiary/aromatic N) is 4. The minimum Gasteiger partial charge on any atom is -0.358 e. The van der Waals surface area contributed by atoms with Gasteiger partial charge in [-0.1, -0.05) is 182 Å². The van der Waals surface area contributed by atoms with E-state index in [-0.39, 0.29) is 12.2 Å². The van der Waals surface area contributed by atoms with Gasteiger partial charge in [-0.3, -0.25) is 8.75 Å². The number of imidazole rings is 1. The van der Waals surface area contributed by atoms with Gasteiger partial charge in [-0.2, -0.15) is 21.6 Å². The topological polar surface area (TPSA) is 141 Å². The molecule has 0 amide bonds. The Morgan fingerprint density at radius 3 is 1.40 bits per heavy atom. The van der Waals surface area contributed by atoms with E-state index in [4.69, 9.17) is 24.1 Å². The van der Waals surface area contributed by atoms with E-state index < -0.39 is 58.0 Å². The van der Waals surface area contributed by atoms with Crippen molar-refractivity contribution < 1.29 is 40.0 Å². The van der Waals surface area contributed by atoms with Crippen LogP contribution in [0.15, 0.2) is 195 Å². The summed E-state index contributed by atoms with van der Waals surface area (Å²) >= 11 is 0. The van der Waals surface area contributed by atoms with Crippen molar-refractivity contribution in [1.82, 2.24) is 19.5 Å². The molecule has 3 heterocycles. The van der Waals surface area contributed by atoms with Crippen LogP contribution in [0.25, 0.3) is 11.2 Å². The van der Waals surface area contributed by atoms with Gasteiger partial charge in [0, 0.05) is 6.54 Å². The van der Waals surface area contributed by atoms with Crippen LogP contribution in [0, 0.1) is 0 Å². The zero-order chi connectivity index (χ0) is 45.1. The van der Waals surface area contributed by atoms with Gasteiger partial charge in [0.2, 0.25) is 0 Å². The molecule has 0 unspecified atom stereocenters. The maximum absolute atomic E-state index is 14.7. The minimum absolute atomic E-state index is 0.00676. The highest BCUT2D eigenvalue weighted by Crippen LogP contribution is 2.49. The second kappa shape index (κ2) is 18.1. The zero-order valence-corrected chi connectivity index (χ0v) is 35.4. The second-order valence-electron chi connectivity index (χ2n) is 15.3. The Morgan fingerprint density at radius 1 is 0.585 bits per heavy atom. The Bertz CT molecular complexity index is 2740. The van der Waals surface area contributed by atoms with Crippen LogP contribution < -0.4 is 5.73 Å². The first kappa shape index (κ1) is 43.7. The van der Waals surface area contributed by atoms with Crippen LogP contribution in [0.4, 0.5) is 13.2 Å². The molecule has 0 aliphatic carbocycles. The summed E-state index contributed by atoms with van der Waals surface area (Å²) in [6, 6.07) is 55.3. The Morgan fingerprint density at radius 2 is 1.00 bits per heavy atom. The summed E-state index contributed by atoms with van der Waals surface area (Å²) in [6.45, 7) is -0.523. The van der Waals surface area contributed by atoms with Gasteiger partial charge in [0.05, 0.1) is 18.6 Å². The molecule has 2 aromatic heterocycles. The first-order chi connectivity index (χ1) is 31.6. The predicted octanol–water partition coefficient (Wildman–Crippen LogP) is 8.80. The Hall–Kier alpha value is -6.59. The van der Waals surface area contributed by atoms with Crippen LogP contribution in [-0.2, 0) is 46.3 Å². The molecule has 15 heteroatoms. The van der Waals surface area contributed by atoms with Gasteiger partial charge >= 0.3 is 15.6 Å². The number of fused-ring (bicyclic) bond motifs is 1. The van der Waals surface area contributed by atoms with Crippen LogP contribution in [0.1, 0.15) is 45.3 Å². The third kappa shape index (κ3) is 8.11. The average Bonchev–Trinajstić information content (AvgIpc) is 3.93. The van der Waals surface area contributed by atoms with Crippen LogP contribution in [0.5, 0.6) is 0 Å². The number of rotatable bonds is 15. The summed E-state index contributed by atoms with van der Waals surface area (Å²) in [6.07, 6.45) is -4.03. The zero-order valence-electron chi connectivity index (χ0n) is 34.6. The Balaban J connectivity index is 1.28. The number of alkyl halides is 3. The van der Waals surface area contributed by atoms with Crippen molar-refractivity contribution in [2.75, 3.05) is 6.61 Å². The highest BCUT2D eigenvalue weighted by molar-refractivity contribution is 7.87. The lowest BCUT2D eigenvalue weighted by Crippen LogP contribution is -2.48. The molecule has 11 nitrogen and oxygen atoms in total. The van der Waals surface area contributed by atoms with Gasteiger partial charge in [0.15, 0.2) is 11.9 Å². The summed E-state index contributed by atoms with van der Waals surface area (Å²) in [5.74, 6) is 0. The molecule has 0 bridgehead atoms. The van der Waals surface area contributed by atoms with E-state index >= 15 is 0 Å². The summed E-state index contributed by atoms with van der Waals surface area (Å²) in [5, 5.41) is 0. The molecule has 4 atom stereocenters. The maximum Gasteiger partial charge on any atom is 0.523 e. The van der Waals surface area contributed by atoms with Crippen molar-refractivity contribution in [3.05, 3.63) is 234 Å². The number of halogens is 3. The van der Waals surface area contributed by atoms with Gasteiger partial charge in [-0.25, -0.2) is 15.0 Å². The molecule has 1 saturated heterocycles. The van der Waals surface area contributed by atoms with Crippen molar-refractivity contribution in [2.24, 2.45) is 5.73 Å². The van der Waals surface area contributed by atoms with E-state index in [1.54, 1.807) is 0 Å². The molecule has 0 saturated carbocycles. The van der Waals surface area contributed by atoms with Crippen LogP contribution >= 0.6 is 0 Å². The van der Waals surface area contributed by atoms with E-state index in [1.807, 2.05) is 182 Å². The fourth-order valence-electron chi connectivity index (χ4n) is 8.65. The minimum atomic E-state index is -6.33. The fourth-order valence-corrected chi connectivity index (χ4v) is 9.28. The van der Waals surface area contributed by atoms with Gasteiger partial charge in [0.1, 0.15) is 41.4 Å². The maximum atomic E-state index is 14.7. The second-order valence-corrected chi connectivity index (χ2v) is 16.9. The molecule has 8 aromatic rings. The molecule has 1 aliphatic rings. The molecule has 65 heavy (non-hydrogen) atoms. The number of hydrogen-bond donors (Lipinski definition) is 1. The third-order valence-corrected chi connectivity index (χ3v) is 12.6. The first-order valence-corrected chi connectivity index (χ1v) is 22.1. The van der Waals surface area contributed by atoms with Gasteiger partial charge in [-0.05, 0) is 33.4 Å². The van der Waals surface area contributed by atoms with Gasteiger partial charge in [-0.15, -0.1) is 0 Å². The van der Waals surface area contributed by atoms with E-state index in [0.717, 1.165) is 0 Å². The molecular weight excluding hydrogens is 856 g/mol. The van der Waals surface area contributed by atoms with Gasteiger partial charge in [0.25, 0.3) is 0 Å². The molecule has 1 aliphatic heterocycles. The number of nitrogens with two attached hydrogens (primary N) is 1. The first-order valence-electron chi connectivity index (χ1n) is 20.7. The molecule has 330 valence electrons. The van der Waals surface area contributed by atoms with Crippen molar-refractivity contribution in [1.29, 1.82) is 0 Å². The largest absolute Gasteiger partial charge is 0.523 e. The van der Waals surface area contributed by atoms with Crippen molar-refractivity contribution in [2.45, 2.75) is 47.8 Å². The highest BCUT2D eigenvalue weighted by atomic mass is 32.2. The SMILES string of the molecule is NCc1ncnc2c1ncn2[C@@H]1O[C@H](COC(c2ccccc2)(c2ccccc2)c2ccccc2)[C@@H](OS(=O)(=O)C(F)(F)F)[C@H]1OC(c1ccccc1)(c1ccccc1)c1ccccc1. The van der Waals surface area contributed by atoms with E-state index in [0.29, 0.717) is 44.6 Å². The summed E-state index contributed by atoms with van der Waals surface area (Å²) in [7, 11) is -6.33. The van der Waals surface area contributed by atoms with Crippen LogP contribution in [0.2, 0.25) is 0 Å². The lowest BCUT2D eigenvalue weighted by Gasteiger charge is -2.40. The number of hydrogen-bond acceptors (Lipinski definition) is 10. The molecule has 6 aromatic carbocycles. The van der Waals surface area contributed by atoms with Crippen molar-refractivity contribution in [3.63, 3.8) is 0 Å². The Labute approximate surface area is 373 Å². The molecule has 2 N–H and O–H groups in total. The quantitative estimate of drug-likeness (QED) is 0.0603. The summed E-state index contributed by atoms with van der Waals surface area (Å²) in [4.78, 5) is 13.3. The Kier molecular flexibility index (Phi) is 12.2. The molecule has 1 fully saturated rings. The molecule has 9 rings (SSSR count). The number of aromatic nitrogens is 4. The highest BCUT2D eigenvalue weighted by Gasteiger charge is 2.58. The number of ether oxygens (including phenoxy) is 3. The molecule has 0 radical (unpaired) electrons. The molecular formula is C50H42F3N5O6S. The standard InChI is InChI=1S/C50H42F3N5O6S/c51-50(52,53)65(59,60)64-44-42(32-61-48(35-19-7-1-8-20-35,36-21-9-2-10-22-36)37-23-11-3-12-24-37)62-47(58-34-57-43-41(31-54)55-33-56-46(43)58)45(44)63-49(38-25-13-4-14-26-38,39-27-15-5-16-28-39)40-29-17-6-18-30-40/h1-30,33-34,42,44-45,47H,31-32,54H2/t42-,44-,45-,47-/m1/s1. The van der Waals surface area contributed by atoms with Gasteiger partial charge < -0.3 is 19.9 Å². The lowest BCUT2D eigenvalue weighted by molar-refractivity contribution is -0.122. The fraction of sp³-hybridized carbons (Fsp3) is 0.180. The summed E-state index contributed by atoms with van der Waals surface area (Å²) < 4.78 is 99.4. The predicted molar refractivity (Wildman–Crippen MR) is 236 cm³/mol. The smallest absolute Gasteiger partial charge is 0.358 e. The summed E-state index contributed by atoms with van der Waals surface area (Å²) in [5.41, 5.74) is 1.88. The third-order valence-electron chi connectivity index (χ3n) is 11.6. The van der Waals surface area contributed by atoms with Crippen LogP contribution in [0.3, 0.4) is 0 Å². The van der Waals surface area contributed by atoms with Crippen LogP contribution in [-0.4, -0.2) is 58.4 Å². The molecule has 0 spiro atoms.